The van der Waals surface area contributed by atoms with E-state index in [4.69, 9.17) is 9.47 Å². The number of benzene rings is 1. The minimum Gasteiger partial charge on any atom is -0.493 e. The standard InChI is InChI=1S/C12H13F3O3/c1-17-9-6-7(11(16)3-4-11)5-8(10(9)18-2)12(13,14)15/h5-6,16H,3-4H2,1-2H3. The maximum Gasteiger partial charge on any atom is 0.420 e. The van der Waals surface area contributed by atoms with Crippen LogP contribution in [0, 0.1) is 0 Å². The van der Waals surface area contributed by atoms with Gasteiger partial charge in [0, 0.05) is 0 Å². The molecule has 0 atom stereocenters. The van der Waals surface area contributed by atoms with Gasteiger partial charge < -0.3 is 14.6 Å². The first-order chi connectivity index (χ1) is 8.31. The Balaban J connectivity index is 2.61. The molecular weight excluding hydrogens is 249 g/mol. The molecule has 1 aliphatic rings. The van der Waals surface area contributed by atoms with Crippen molar-refractivity contribution in [3.05, 3.63) is 23.3 Å². The van der Waals surface area contributed by atoms with Crippen molar-refractivity contribution < 1.29 is 27.8 Å². The van der Waals surface area contributed by atoms with E-state index < -0.39 is 17.3 Å². The lowest BCUT2D eigenvalue weighted by Crippen LogP contribution is -2.12. The monoisotopic (exact) mass is 262 g/mol. The smallest absolute Gasteiger partial charge is 0.420 e. The van der Waals surface area contributed by atoms with E-state index in [1.54, 1.807) is 0 Å². The molecule has 0 unspecified atom stereocenters. The first kappa shape index (κ1) is 13.0. The van der Waals surface area contributed by atoms with E-state index in [2.05, 4.69) is 0 Å². The maximum atomic E-state index is 12.9. The molecule has 0 heterocycles. The van der Waals surface area contributed by atoms with Crippen molar-refractivity contribution in [1.29, 1.82) is 0 Å². The van der Waals surface area contributed by atoms with Crippen LogP contribution in [0.5, 0.6) is 11.5 Å². The molecule has 1 saturated carbocycles. The van der Waals surface area contributed by atoms with Gasteiger partial charge in [0.25, 0.3) is 0 Å². The zero-order chi connectivity index (χ0) is 13.6. The Kier molecular flexibility index (Phi) is 2.93. The van der Waals surface area contributed by atoms with Crippen LogP contribution in [0.1, 0.15) is 24.0 Å². The van der Waals surface area contributed by atoms with Gasteiger partial charge in [-0.25, -0.2) is 0 Å². The summed E-state index contributed by atoms with van der Waals surface area (Å²) in [7, 11) is 2.41. The van der Waals surface area contributed by atoms with Gasteiger partial charge in [-0.3, -0.25) is 0 Å². The summed E-state index contributed by atoms with van der Waals surface area (Å²) in [6.07, 6.45) is -3.64. The Morgan fingerprint density at radius 2 is 1.78 bits per heavy atom. The van der Waals surface area contributed by atoms with Crippen LogP contribution in [-0.4, -0.2) is 19.3 Å². The highest BCUT2D eigenvalue weighted by Crippen LogP contribution is 2.50. The molecule has 3 nitrogen and oxygen atoms in total. The summed E-state index contributed by atoms with van der Waals surface area (Å²) in [5.41, 5.74) is -1.87. The van der Waals surface area contributed by atoms with Gasteiger partial charge in [-0.1, -0.05) is 0 Å². The Morgan fingerprint density at radius 1 is 1.17 bits per heavy atom. The molecule has 1 fully saturated rings. The minimum absolute atomic E-state index is 0.0253. The Hall–Kier alpha value is -1.43. The van der Waals surface area contributed by atoms with E-state index in [-0.39, 0.29) is 17.1 Å². The molecule has 18 heavy (non-hydrogen) atoms. The molecule has 1 aromatic carbocycles. The third-order valence-electron chi connectivity index (χ3n) is 3.05. The van der Waals surface area contributed by atoms with E-state index in [9.17, 15) is 18.3 Å². The number of methoxy groups -OCH3 is 2. The summed E-state index contributed by atoms with van der Waals surface area (Å²) in [6, 6.07) is 2.31. The second kappa shape index (κ2) is 4.05. The molecule has 0 radical (unpaired) electrons. The van der Waals surface area contributed by atoms with Crippen LogP contribution in [0.3, 0.4) is 0 Å². The zero-order valence-corrected chi connectivity index (χ0v) is 9.97. The molecule has 0 saturated heterocycles. The largest absolute Gasteiger partial charge is 0.493 e. The summed E-state index contributed by atoms with van der Waals surface area (Å²) >= 11 is 0. The highest BCUT2D eigenvalue weighted by Gasteiger charge is 2.45. The van der Waals surface area contributed by atoms with Crippen LogP contribution in [0.2, 0.25) is 0 Å². The van der Waals surface area contributed by atoms with Crippen molar-refractivity contribution in [2.24, 2.45) is 0 Å². The van der Waals surface area contributed by atoms with Crippen molar-refractivity contribution in [3.63, 3.8) is 0 Å². The summed E-state index contributed by atoms with van der Waals surface area (Å²) in [4.78, 5) is 0. The number of hydrogen-bond acceptors (Lipinski definition) is 3. The van der Waals surface area contributed by atoms with Crippen LogP contribution in [0.4, 0.5) is 13.2 Å². The molecule has 0 amide bonds. The number of rotatable bonds is 3. The Labute approximate surface area is 102 Å². The topological polar surface area (TPSA) is 38.7 Å². The Bertz CT molecular complexity index is 464. The average Bonchev–Trinajstić information content (AvgIpc) is 3.05. The fourth-order valence-electron chi connectivity index (χ4n) is 1.85. The van der Waals surface area contributed by atoms with Crippen molar-refractivity contribution in [1.82, 2.24) is 0 Å². The normalized spacial score (nSPS) is 17.4. The fraction of sp³-hybridized carbons (Fsp3) is 0.500. The molecular formula is C12H13F3O3. The van der Waals surface area contributed by atoms with Gasteiger partial charge in [-0.05, 0) is 30.5 Å². The van der Waals surface area contributed by atoms with Crippen LogP contribution in [-0.2, 0) is 11.8 Å². The van der Waals surface area contributed by atoms with Crippen LogP contribution >= 0.6 is 0 Å². The number of hydrogen-bond donors (Lipinski definition) is 1. The lowest BCUT2D eigenvalue weighted by atomic mass is 10.0. The SMILES string of the molecule is COc1cc(C2(O)CC2)cc(C(F)(F)F)c1OC. The summed E-state index contributed by atoms with van der Waals surface area (Å²) in [6.45, 7) is 0. The Morgan fingerprint density at radius 3 is 2.17 bits per heavy atom. The van der Waals surface area contributed by atoms with Gasteiger partial charge in [0.2, 0.25) is 0 Å². The maximum absolute atomic E-state index is 12.9. The van der Waals surface area contributed by atoms with Crippen LogP contribution in [0.15, 0.2) is 12.1 Å². The van der Waals surface area contributed by atoms with E-state index in [1.807, 2.05) is 0 Å². The van der Waals surface area contributed by atoms with Crippen molar-refractivity contribution in [3.8, 4) is 11.5 Å². The van der Waals surface area contributed by atoms with Gasteiger partial charge >= 0.3 is 6.18 Å². The number of alkyl halides is 3. The fourth-order valence-corrected chi connectivity index (χ4v) is 1.85. The molecule has 6 heteroatoms. The van der Waals surface area contributed by atoms with Crippen molar-refractivity contribution in [2.45, 2.75) is 24.6 Å². The minimum atomic E-state index is -4.56. The van der Waals surface area contributed by atoms with Gasteiger partial charge in [0.05, 0.1) is 19.8 Å². The predicted octanol–water partition coefficient (Wildman–Crippen LogP) is 2.70. The first-order valence-electron chi connectivity index (χ1n) is 5.38. The summed E-state index contributed by atoms with van der Waals surface area (Å²) < 4.78 is 48.4. The highest BCUT2D eigenvalue weighted by molar-refractivity contribution is 5.52. The average molecular weight is 262 g/mol. The molecule has 0 aliphatic heterocycles. The van der Waals surface area contributed by atoms with E-state index in [1.165, 1.54) is 13.2 Å². The number of ether oxygens (including phenoxy) is 2. The molecule has 0 aromatic heterocycles. The van der Waals surface area contributed by atoms with Crippen molar-refractivity contribution in [2.75, 3.05) is 14.2 Å². The lowest BCUT2D eigenvalue weighted by Gasteiger charge is -2.18. The zero-order valence-electron chi connectivity index (χ0n) is 9.97. The molecule has 0 spiro atoms. The van der Waals surface area contributed by atoms with E-state index in [0.717, 1.165) is 13.2 Å². The van der Waals surface area contributed by atoms with Gasteiger partial charge in [-0.2, -0.15) is 13.2 Å². The molecule has 1 N–H and O–H groups in total. The van der Waals surface area contributed by atoms with Crippen LogP contribution < -0.4 is 9.47 Å². The first-order valence-corrected chi connectivity index (χ1v) is 5.38. The summed E-state index contributed by atoms with van der Waals surface area (Å²) in [5, 5.41) is 9.91. The third kappa shape index (κ3) is 2.12. The molecule has 100 valence electrons. The summed E-state index contributed by atoms with van der Waals surface area (Å²) in [5.74, 6) is -0.388. The second-order valence-corrected chi connectivity index (χ2v) is 4.29. The molecule has 0 bridgehead atoms. The number of aliphatic hydroxyl groups is 1. The van der Waals surface area contributed by atoms with E-state index in [0.29, 0.717) is 12.8 Å². The van der Waals surface area contributed by atoms with E-state index >= 15 is 0 Å². The second-order valence-electron chi connectivity index (χ2n) is 4.29. The molecule has 1 aromatic rings. The van der Waals surface area contributed by atoms with Crippen molar-refractivity contribution >= 4 is 0 Å². The number of halogens is 3. The molecule has 2 rings (SSSR count). The highest BCUT2D eigenvalue weighted by atomic mass is 19.4. The van der Waals surface area contributed by atoms with Gasteiger partial charge in [0.1, 0.15) is 5.56 Å². The quantitative estimate of drug-likeness (QED) is 0.910. The van der Waals surface area contributed by atoms with Crippen LogP contribution in [0.25, 0.3) is 0 Å². The lowest BCUT2D eigenvalue weighted by molar-refractivity contribution is -0.139. The van der Waals surface area contributed by atoms with Gasteiger partial charge in [-0.15, -0.1) is 0 Å². The third-order valence-corrected chi connectivity index (χ3v) is 3.05. The molecule has 1 aliphatic carbocycles. The van der Waals surface area contributed by atoms with Gasteiger partial charge in [0.15, 0.2) is 11.5 Å². The predicted molar refractivity (Wildman–Crippen MR) is 57.7 cm³/mol.